The van der Waals surface area contributed by atoms with Crippen LogP contribution in [0, 0.1) is 0 Å². The lowest BCUT2D eigenvalue weighted by Crippen LogP contribution is -2.47. The standard InChI is InChI=1S/C12H25NO/c1-6-8-9-10-11(14)12(3,7-2)13(4)5/h6-10H2,1-5H3. The molecule has 0 amide bonds. The zero-order valence-corrected chi connectivity index (χ0v) is 10.4. The third-order valence-electron chi connectivity index (χ3n) is 3.28. The molecule has 0 radical (unpaired) electrons. The Morgan fingerprint density at radius 1 is 1.21 bits per heavy atom. The van der Waals surface area contributed by atoms with Crippen molar-refractivity contribution in [3.05, 3.63) is 0 Å². The molecule has 84 valence electrons. The van der Waals surface area contributed by atoms with Crippen LogP contribution in [0.1, 0.15) is 52.9 Å². The van der Waals surface area contributed by atoms with E-state index in [2.05, 4.69) is 13.8 Å². The van der Waals surface area contributed by atoms with Gasteiger partial charge in [-0.1, -0.05) is 26.7 Å². The van der Waals surface area contributed by atoms with Crippen LogP contribution in [0.3, 0.4) is 0 Å². The number of carbonyl (C=O) groups is 1. The van der Waals surface area contributed by atoms with Gasteiger partial charge in [-0.15, -0.1) is 0 Å². The Bertz CT molecular complexity index is 177. The molecule has 0 aromatic rings. The summed E-state index contributed by atoms with van der Waals surface area (Å²) in [5, 5.41) is 0. The van der Waals surface area contributed by atoms with Crippen LogP contribution >= 0.6 is 0 Å². The Kier molecular flexibility index (Phi) is 6.01. The van der Waals surface area contributed by atoms with E-state index in [0.717, 1.165) is 19.3 Å². The molecule has 0 aromatic heterocycles. The second-order valence-electron chi connectivity index (χ2n) is 4.40. The first-order valence-corrected chi connectivity index (χ1v) is 5.69. The van der Waals surface area contributed by atoms with Crippen LogP contribution in [0.2, 0.25) is 0 Å². The molecule has 1 unspecified atom stereocenters. The molecular weight excluding hydrogens is 174 g/mol. The molecule has 0 aliphatic rings. The van der Waals surface area contributed by atoms with Crippen molar-refractivity contribution in [1.29, 1.82) is 0 Å². The number of hydrogen-bond acceptors (Lipinski definition) is 2. The van der Waals surface area contributed by atoms with E-state index in [9.17, 15) is 4.79 Å². The summed E-state index contributed by atoms with van der Waals surface area (Å²) in [6, 6.07) is 0. The lowest BCUT2D eigenvalue weighted by atomic mass is 9.89. The Labute approximate surface area is 88.7 Å². The summed E-state index contributed by atoms with van der Waals surface area (Å²) < 4.78 is 0. The highest BCUT2D eigenvalue weighted by molar-refractivity contribution is 5.87. The van der Waals surface area contributed by atoms with E-state index < -0.39 is 0 Å². The summed E-state index contributed by atoms with van der Waals surface area (Å²) in [5.41, 5.74) is -0.256. The van der Waals surface area contributed by atoms with Gasteiger partial charge in [-0.3, -0.25) is 9.69 Å². The van der Waals surface area contributed by atoms with Gasteiger partial charge in [0, 0.05) is 6.42 Å². The fourth-order valence-corrected chi connectivity index (χ4v) is 1.57. The SMILES string of the molecule is CCCCCC(=O)C(C)(CC)N(C)C. The van der Waals surface area contributed by atoms with Crippen LogP contribution in [0.15, 0.2) is 0 Å². The van der Waals surface area contributed by atoms with Crippen LogP contribution in [0.4, 0.5) is 0 Å². The molecule has 0 heterocycles. The molecule has 0 bridgehead atoms. The molecule has 0 spiro atoms. The zero-order chi connectivity index (χ0) is 11.2. The van der Waals surface area contributed by atoms with Gasteiger partial charge in [-0.05, 0) is 33.9 Å². The highest BCUT2D eigenvalue weighted by Crippen LogP contribution is 2.20. The number of rotatable bonds is 7. The first-order chi connectivity index (χ1) is 6.49. The normalized spacial score (nSPS) is 15.6. The number of unbranched alkanes of at least 4 members (excludes halogenated alkanes) is 2. The summed E-state index contributed by atoms with van der Waals surface area (Å²) in [6.07, 6.45) is 5.01. The molecule has 14 heavy (non-hydrogen) atoms. The monoisotopic (exact) mass is 199 g/mol. The molecule has 0 rings (SSSR count). The Morgan fingerprint density at radius 3 is 2.14 bits per heavy atom. The minimum Gasteiger partial charge on any atom is -0.298 e. The average molecular weight is 199 g/mol. The minimum absolute atomic E-state index is 0.256. The smallest absolute Gasteiger partial charge is 0.152 e. The average Bonchev–Trinajstić information content (AvgIpc) is 2.16. The van der Waals surface area contributed by atoms with E-state index in [1.54, 1.807) is 0 Å². The molecule has 0 aliphatic heterocycles. The Morgan fingerprint density at radius 2 is 1.79 bits per heavy atom. The molecule has 0 aliphatic carbocycles. The molecule has 2 heteroatoms. The second kappa shape index (κ2) is 6.18. The maximum atomic E-state index is 12.0. The summed E-state index contributed by atoms with van der Waals surface area (Å²) >= 11 is 0. The predicted molar refractivity (Wildman–Crippen MR) is 61.5 cm³/mol. The third kappa shape index (κ3) is 3.41. The quantitative estimate of drug-likeness (QED) is 0.588. The van der Waals surface area contributed by atoms with Crippen LogP contribution < -0.4 is 0 Å². The maximum absolute atomic E-state index is 12.0. The van der Waals surface area contributed by atoms with E-state index in [0.29, 0.717) is 5.78 Å². The number of Topliss-reactive ketones (excluding diaryl/α,β-unsaturated/α-hetero) is 1. The summed E-state index contributed by atoms with van der Waals surface area (Å²) in [6.45, 7) is 6.29. The summed E-state index contributed by atoms with van der Waals surface area (Å²) in [7, 11) is 3.97. The van der Waals surface area contributed by atoms with Gasteiger partial charge in [0.15, 0.2) is 5.78 Å². The van der Waals surface area contributed by atoms with Gasteiger partial charge in [0.05, 0.1) is 5.54 Å². The fourth-order valence-electron chi connectivity index (χ4n) is 1.57. The van der Waals surface area contributed by atoms with Gasteiger partial charge in [-0.25, -0.2) is 0 Å². The largest absolute Gasteiger partial charge is 0.298 e. The minimum atomic E-state index is -0.256. The lowest BCUT2D eigenvalue weighted by molar-refractivity contribution is -0.129. The molecule has 1 atom stereocenters. The van der Waals surface area contributed by atoms with Crippen LogP contribution in [-0.4, -0.2) is 30.3 Å². The van der Waals surface area contributed by atoms with Gasteiger partial charge in [0.2, 0.25) is 0 Å². The third-order valence-corrected chi connectivity index (χ3v) is 3.28. The van der Waals surface area contributed by atoms with E-state index in [1.807, 2.05) is 25.9 Å². The van der Waals surface area contributed by atoms with E-state index in [-0.39, 0.29) is 5.54 Å². The van der Waals surface area contributed by atoms with Crippen molar-refractivity contribution in [2.45, 2.75) is 58.4 Å². The first-order valence-electron chi connectivity index (χ1n) is 5.69. The van der Waals surface area contributed by atoms with E-state index >= 15 is 0 Å². The van der Waals surface area contributed by atoms with Crippen LogP contribution in [0.25, 0.3) is 0 Å². The molecular formula is C12H25NO. The van der Waals surface area contributed by atoms with Crippen molar-refractivity contribution < 1.29 is 4.79 Å². The van der Waals surface area contributed by atoms with Gasteiger partial charge < -0.3 is 0 Å². The lowest BCUT2D eigenvalue weighted by Gasteiger charge is -2.34. The number of hydrogen-bond donors (Lipinski definition) is 0. The molecule has 0 saturated heterocycles. The molecule has 2 nitrogen and oxygen atoms in total. The highest BCUT2D eigenvalue weighted by atomic mass is 16.1. The molecule has 0 saturated carbocycles. The molecule has 0 N–H and O–H groups in total. The molecule has 0 fully saturated rings. The number of nitrogens with zero attached hydrogens (tertiary/aromatic N) is 1. The predicted octanol–water partition coefficient (Wildman–Crippen LogP) is 2.87. The van der Waals surface area contributed by atoms with Crippen molar-refractivity contribution in [1.82, 2.24) is 4.90 Å². The van der Waals surface area contributed by atoms with Crippen molar-refractivity contribution in [2.24, 2.45) is 0 Å². The van der Waals surface area contributed by atoms with Crippen molar-refractivity contribution >= 4 is 5.78 Å². The fraction of sp³-hybridized carbons (Fsp3) is 0.917. The second-order valence-corrected chi connectivity index (χ2v) is 4.40. The van der Waals surface area contributed by atoms with Gasteiger partial charge >= 0.3 is 0 Å². The van der Waals surface area contributed by atoms with Crippen molar-refractivity contribution in [3.8, 4) is 0 Å². The Balaban J connectivity index is 4.18. The van der Waals surface area contributed by atoms with Crippen LogP contribution in [-0.2, 0) is 4.79 Å². The summed E-state index contributed by atoms with van der Waals surface area (Å²) in [4.78, 5) is 14.0. The van der Waals surface area contributed by atoms with Gasteiger partial charge in [0.25, 0.3) is 0 Å². The number of carbonyl (C=O) groups excluding carboxylic acids is 1. The van der Waals surface area contributed by atoms with Crippen molar-refractivity contribution in [2.75, 3.05) is 14.1 Å². The molecule has 0 aromatic carbocycles. The van der Waals surface area contributed by atoms with Crippen molar-refractivity contribution in [3.63, 3.8) is 0 Å². The first kappa shape index (κ1) is 13.6. The maximum Gasteiger partial charge on any atom is 0.152 e. The van der Waals surface area contributed by atoms with Crippen LogP contribution in [0.5, 0.6) is 0 Å². The van der Waals surface area contributed by atoms with Gasteiger partial charge in [-0.2, -0.15) is 0 Å². The zero-order valence-electron chi connectivity index (χ0n) is 10.4. The van der Waals surface area contributed by atoms with E-state index in [4.69, 9.17) is 0 Å². The van der Waals surface area contributed by atoms with Gasteiger partial charge in [0.1, 0.15) is 0 Å². The van der Waals surface area contributed by atoms with E-state index in [1.165, 1.54) is 12.8 Å². The highest BCUT2D eigenvalue weighted by Gasteiger charge is 2.32. The topological polar surface area (TPSA) is 20.3 Å². The number of ketones is 1. The number of likely N-dealkylation sites (N-methyl/N-ethyl adjacent to an activating group) is 1. The Hall–Kier alpha value is -0.370. The summed E-state index contributed by atoms with van der Waals surface area (Å²) in [5.74, 6) is 0.387.